The summed E-state index contributed by atoms with van der Waals surface area (Å²) in [5.41, 5.74) is 0.427. The van der Waals surface area contributed by atoms with E-state index in [1.807, 2.05) is 20.8 Å². The number of amides is 1. The van der Waals surface area contributed by atoms with E-state index < -0.39 is 6.04 Å². The molecule has 1 aliphatic heterocycles. The third-order valence-corrected chi connectivity index (χ3v) is 3.35. The summed E-state index contributed by atoms with van der Waals surface area (Å²) in [6.07, 6.45) is 0. The van der Waals surface area contributed by atoms with Crippen molar-refractivity contribution >= 4 is 35.1 Å². The first-order valence-electron chi connectivity index (χ1n) is 5.89. The highest BCUT2D eigenvalue weighted by Gasteiger charge is 2.31. The molecule has 1 unspecified atom stereocenters. The Morgan fingerprint density at radius 1 is 1.32 bits per heavy atom. The molecule has 0 fully saturated rings. The van der Waals surface area contributed by atoms with Crippen molar-refractivity contribution in [3.63, 3.8) is 0 Å². The van der Waals surface area contributed by atoms with Crippen LogP contribution in [0.4, 0.5) is 0 Å². The predicted molar refractivity (Wildman–Crippen MR) is 77.7 cm³/mol. The van der Waals surface area contributed by atoms with Crippen molar-refractivity contribution < 1.29 is 4.79 Å². The Morgan fingerprint density at radius 2 is 2.00 bits per heavy atom. The molecule has 1 heterocycles. The number of rotatable bonds is 1. The third-order valence-electron chi connectivity index (χ3n) is 2.52. The number of carbonyl (C=O) groups excluding carboxylic acids is 1. The first-order chi connectivity index (χ1) is 8.78. The van der Waals surface area contributed by atoms with Gasteiger partial charge in [-0.2, -0.15) is 0 Å². The van der Waals surface area contributed by atoms with Crippen LogP contribution in [-0.2, 0) is 4.79 Å². The van der Waals surface area contributed by atoms with E-state index in [4.69, 9.17) is 23.2 Å². The van der Waals surface area contributed by atoms with Crippen LogP contribution < -0.4 is 10.6 Å². The molecular formula is C13H15Cl2N3O. The summed E-state index contributed by atoms with van der Waals surface area (Å²) >= 11 is 12.1. The molecule has 19 heavy (non-hydrogen) atoms. The van der Waals surface area contributed by atoms with Gasteiger partial charge >= 0.3 is 0 Å². The van der Waals surface area contributed by atoms with Gasteiger partial charge in [0, 0.05) is 11.1 Å². The van der Waals surface area contributed by atoms with Crippen LogP contribution in [0.2, 0.25) is 10.0 Å². The molecule has 2 N–H and O–H groups in total. The van der Waals surface area contributed by atoms with E-state index >= 15 is 0 Å². The molecule has 0 radical (unpaired) electrons. The minimum atomic E-state index is -0.656. The molecule has 102 valence electrons. The van der Waals surface area contributed by atoms with Gasteiger partial charge in [-0.25, -0.2) is 4.99 Å². The van der Waals surface area contributed by atoms with Gasteiger partial charge in [0.15, 0.2) is 12.0 Å². The highest BCUT2D eigenvalue weighted by molar-refractivity contribution is 6.42. The molecule has 0 aliphatic carbocycles. The summed E-state index contributed by atoms with van der Waals surface area (Å²) in [4.78, 5) is 16.3. The van der Waals surface area contributed by atoms with E-state index in [-0.39, 0.29) is 11.4 Å². The van der Waals surface area contributed by atoms with Crippen molar-refractivity contribution in [2.45, 2.75) is 32.4 Å². The number of guanidine groups is 1. The Balaban J connectivity index is 2.30. The molecule has 0 saturated carbocycles. The standard InChI is InChI=1S/C13H15Cl2N3O/c1-13(2,3)18-12-16-10(11(19)17-12)7-5-4-6-8(14)9(7)15/h4-6,10H,1-3H3,(H2,16,17,18,19). The number of halogens is 2. The molecule has 0 bridgehead atoms. The summed E-state index contributed by atoms with van der Waals surface area (Å²) in [5.74, 6) is 0.245. The molecule has 4 nitrogen and oxygen atoms in total. The zero-order valence-electron chi connectivity index (χ0n) is 10.9. The van der Waals surface area contributed by atoms with Crippen molar-refractivity contribution in [2.24, 2.45) is 4.99 Å². The van der Waals surface area contributed by atoms with Crippen LogP contribution in [0.25, 0.3) is 0 Å². The van der Waals surface area contributed by atoms with Crippen LogP contribution in [0, 0.1) is 0 Å². The van der Waals surface area contributed by atoms with Gasteiger partial charge < -0.3 is 5.32 Å². The average molecular weight is 300 g/mol. The fourth-order valence-corrected chi connectivity index (χ4v) is 2.18. The van der Waals surface area contributed by atoms with Crippen molar-refractivity contribution in [1.29, 1.82) is 0 Å². The number of benzene rings is 1. The first-order valence-corrected chi connectivity index (χ1v) is 6.64. The van der Waals surface area contributed by atoms with Crippen molar-refractivity contribution in [3.8, 4) is 0 Å². The van der Waals surface area contributed by atoms with Crippen LogP contribution in [0.5, 0.6) is 0 Å². The van der Waals surface area contributed by atoms with Crippen molar-refractivity contribution in [2.75, 3.05) is 0 Å². The van der Waals surface area contributed by atoms with Crippen LogP contribution in [0.1, 0.15) is 32.4 Å². The average Bonchev–Trinajstić information content (AvgIpc) is 2.61. The normalized spacial score (nSPS) is 19.1. The Hall–Kier alpha value is -1.26. The van der Waals surface area contributed by atoms with E-state index in [0.29, 0.717) is 21.6 Å². The number of hydrogen-bond donors (Lipinski definition) is 2. The van der Waals surface area contributed by atoms with Gasteiger partial charge in [0.2, 0.25) is 0 Å². The van der Waals surface area contributed by atoms with E-state index in [1.54, 1.807) is 18.2 Å². The number of carbonyl (C=O) groups is 1. The molecule has 1 aliphatic rings. The van der Waals surface area contributed by atoms with E-state index in [1.165, 1.54) is 0 Å². The second-order valence-corrected chi connectivity index (χ2v) is 6.17. The highest BCUT2D eigenvalue weighted by atomic mass is 35.5. The van der Waals surface area contributed by atoms with Crippen molar-refractivity contribution in [3.05, 3.63) is 33.8 Å². The summed E-state index contributed by atoms with van der Waals surface area (Å²) in [5, 5.41) is 6.61. The lowest BCUT2D eigenvalue weighted by Crippen LogP contribution is -2.46. The number of nitrogens with one attached hydrogen (secondary N) is 2. The maximum Gasteiger partial charge on any atom is 0.256 e. The molecular weight excluding hydrogens is 285 g/mol. The molecule has 0 aromatic heterocycles. The molecule has 1 aromatic carbocycles. The zero-order valence-corrected chi connectivity index (χ0v) is 12.4. The monoisotopic (exact) mass is 299 g/mol. The van der Waals surface area contributed by atoms with Gasteiger partial charge in [0.25, 0.3) is 5.91 Å². The molecule has 0 spiro atoms. The van der Waals surface area contributed by atoms with Gasteiger partial charge in [-0.15, -0.1) is 0 Å². The Bertz CT molecular complexity index is 549. The largest absolute Gasteiger partial charge is 0.351 e. The maximum absolute atomic E-state index is 12.0. The quantitative estimate of drug-likeness (QED) is 0.838. The number of nitrogens with zero attached hydrogens (tertiary/aromatic N) is 1. The number of hydrogen-bond acceptors (Lipinski definition) is 3. The van der Waals surface area contributed by atoms with Crippen molar-refractivity contribution in [1.82, 2.24) is 10.6 Å². The van der Waals surface area contributed by atoms with Crippen LogP contribution in [0.3, 0.4) is 0 Å². The third kappa shape index (κ3) is 3.19. The fraction of sp³-hybridized carbons (Fsp3) is 0.385. The lowest BCUT2D eigenvalue weighted by Gasteiger charge is -2.21. The summed E-state index contributed by atoms with van der Waals surface area (Å²) in [6.45, 7) is 5.96. The van der Waals surface area contributed by atoms with E-state index in [0.717, 1.165) is 0 Å². The van der Waals surface area contributed by atoms with Gasteiger partial charge in [0.1, 0.15) is 0 Å². The zero-order chi connectivity index (χ0) is 14.2. The van der Waals surface area contributed by atoms with Gasteiger partial charge in [-0.3, -0.25) is 10.1 Å². The van der Waals surface area contributed by atoms with Gasteiger partial charge in [0.05, 0.1) is 10.0 Å². The predicted octanol–water partition coefficient (Wildman–Crippen LogP) is 2.91. The lowest BCUT2D eigenvalue weighted by molar-refractivity contribution is -0.120. The van der Waals surface area contributed by atoms with E-state index in [9.17, 15) is 4.79 Å². The number of aliphatic imine (C=N–C) groups is 1. The van der Waals surface area contributed by atoms with Crippen LogP contribution in [0.15, 0.2) is 23.2 Å². The fourth-order valence-electron chi connectivity index (χ4n) is 1.77. The second-order valence-electron chi connectivity index (χ2n) is 5.39. The summed E-state index contributed by atoms with van der Waals surface area (Å²) in [7, 11) is 0. The van der Waals surface area contributed by atoms with Crippen LogP contribution >= 0.6 is 23.2 Å². The maximum atomic E-state index is 12.0. The minimum Gasteiger partial charge on any atom is -0.351 e. The molecule has 1 amide bonds. The minimum absolute atomic E-state index is 0.181. The SMILES string of the molecule is CC(C)(C)NC1=NC(c2cccc(Cl)c2Cl)C(=O)N1. The Morgan fingerprint density at radius 3 is 2.63 bits per heavy atom. The highest BCUT2D eigenvalue weighted by Crippen LogP contribution is 2.33. The van der Waals surface area contributed by atoms with E-state index in [2.05, 4.69) is 15.6 Å². The lowest BCUT2D eigenvalue weighted by atomic mass is 10.1. The topological polar surface area (TPSA) is 53.5 Å². The van der Waals surface area contributed by atoms with Gasteiger partial charge in [-0.05, 0) is 26.8 Å². The molecule has 0 saturated heterocycles. The van der Waals surface area contributed by atoms with Gasteiger partial charge in [-0.1, -0.05) is 35.3 Å². The molecule has 2 rings (SSSR count). The van der Waals surface area contributed by atoms with Crippen LogP contribution in [-0.4, -0.2) is 17.4 Å². The summed E-state index contributed by atoms with van der Waals surface area (Å²) in [6, 6.07) is 4.53. The summed E-state index contributed by atoms with van der Waals surface area (Å²) < 4.78 is 0. The smallest absolute Gasteiger partial charge is 0.256 e. The second kappa shape index (κ2) is 5.02. The molecule has 1 atom stereocenters. The Labute approximate surface area is 122 Å². The molecule has 1 aromatic rings. The first kappa shape index (κ1) is 14.2. The molecule has 6 heteroatoms. The Kier molecular flexibility index (Phi) is 3.74.